The van der Waals surface area contributed by atoms with Crippen LogP contribution in [-0.2, 0) is 38.2 Å². The smallest absolute Gasteiger partial charge is 0.407 e. The Morgan fingerprint density at radius 2 is 1.57 bits per heavy atom. The van der Waals surface area contributed by atoms with E-state index in [0.717, 1.165) is 32.1 Å². The van der Waals surface area contributed by atoms with Gasteiger partial charge in [-0.2, -0.15) is 0 Å². The average Bonchev–Trinajstić information content (AvgIpc) is 3.46. The van der Waals surface area contributed by atoms with E-state index in [-0.39, 0.29) is 44.4 Å². The summed E-state index contributed by atoms with van der Waals surface area (Å²) in [6.07, 6.45) is 4.42. The van der Waals surface area contributed by atoms with Gasteiger partial charge in [0.25, 0.3) is 5.91 Å². The number of rotatable bonds is 18. The lowest BCUT2D eigenvalue weighted by molar-refractivity contribution is -0.145. The van der Waals surface area contributed by atoms with E-state index in [1.165, 1.54) is 24.1 Å². The van der Waals surface area contributed by atoms with Crippen molar-refractivity contribution in [3.63, 3.8) is 0 Å². The van der Waals surface area contributed by atoms with Gasteiger partial charge in [0, 0.05) is 13.7 Å². The van der Waals surface area contributed by atoms with Crippen molar-refractivity contribution in [2.45, 2.75) is 116 Å². The van der Waals surface area contributed by atoms with Crippen molar-refractivity contribution in [1.82, 2.24) is 26.2 Å². The van der Waals surface area contributed by atoms with E-state index < -0.39 is 77.1 Å². The molecule has 3 rings (SSSR count). The Balaban J connectivity index is 1.77. The number of hydrogen-bond donors (Lipinski definition) is 5. The third-order valence-electron chi connectivity index (χ3n) is 9.57. The molecule has 1 saturated heterocycles. The number of ether oxygens (including phenoxy) is 2. The monoisotopic (exact) mass is 743 g/mol. The maximum atomic E-state index is 14.3. The summed E-state index contributed by atoms with van der Waals surface area (Å²) in [6.45, 7) is 9.49. The highest BCUT2D eigenvalue weighted by Crippen LogP contribution is 2.36. The molecule has 0 bridgehead atoms. The molecule has 1 unspecified atom stereocenters. The molecule has 1 saturated carbocycles. The summed E-state index contributed by atoms with van der Waals surface area (Å²) in [4.78, 5) is 94.5. The molecule has 1 heterocycles. The normalized spacial score (nSPS) is 19.3. The number of hydrogen-bond acceptors (Lipinski definition) is 9. The van der Waals surface area contributed by atoms with E-state index in [2.05, 4.69) is 21.3 Å². The number of nitrogens with zero attached hydrogens (tertiary/aromatic N) is 1. The first-order valence-corrected chi connectivity index (χ1v) is 18.5. The van der Waals surface area contributed by atoms with Crippen LogP contribution < -0.4 is 21.3 Å². The van der Waals surface area contributed by atoms with Gasteiger partial charge in [-0.25, -0.2) is 9.59 Å². The van der Waals surface area contributed by atoms with Gasteiger partial charge in [-0.05, 0) is 48.5 Å². The fourth-order valence-corrected chi connectivity index (χ4v) is 6.91. The highest BCUT2D eigenvalue weighted by Gasteiger charge is 2.47. The zero-order valence-electron chi connectivity index (χ0n) is 31.8. The highest BCUT2D eigenvalue weighted by molar-refractivity contribution is 6.38. The number of amides is 5. The van der Waals surface area contributed by atoms with Gasteiger partial charge in [-0.3, -0.25) is 24.0 Å². The Morgan fingerprint density at radius 3 is 2.15 bits per heavy atom. The Morgan fingerprint density at radius 1 is 0.906 bits per heavy atom. The molecule has 0 aromatic heterocycles. The van der Waals surface area contributed by atoms with E-state index in [1.54, 1.807) is 25.1 Å². The molecule has 5 atom stereocenters. The van der Waals surface area contributed by atoms with E-state index in [4.69, 9.17) is 9.47 Å². The SMILES string of the molecule is CCCC(NC(=O)[C@@H]1CC(C)(C)CN1C(=O)[C@@H](NC(=O)OCC(C)C)C1CCCCC1)C(=O)C(=O)N[C@@H](COC)C(=O)N[C@H](C(=O)O)c1ccccc1. The van der Waals surface area contributed by atoms with Crippen molar-refractivity contribution in [3.05, 3.63) is 35.9 Å². The Labute approximate surface area is 311 Å². The molecule has 15 nitrogen and oxygen atoms in total. The summed E-state index contributed by atoms with van der Waals surface area (Å²) in [6, 6.07) is 1.96. The van der Waals surface area contributed by atoms with Gasteiger partial charge in [-0.15, -0.1) is 0 Å². The first kappa shape index (κ1) is 42.9. The highest BCUT2D eigenvalue weighted by atomic mass is 16.5. The summed E-state index contributed by atoms with van der Waals surface area (Å²) in [5.74, 6) is -5.46. The second-order valence-corrected chi connectivity index (χ2v) is 15.2. The minimum Gasteiger partial charge on any atom is -0.479 e. The maximum Gasteiger partial charge on any atom is 0.407 e. The molecule has 0 spiro atoms. The number of likely N-dealkylation sites (tertiary alicyclic amines) is 1. The summed E-state index contributed by atoms with van der Waals surface area (Å²) in [7, 11) is 1.28. The van der Waals surface area contributed by atoms with Crippen LogP contribution in [0.25, 0.3) is 0 Å². The van der Waals surface area contributed by atoms with Crippen molar-refractivity contribution in [2.24, 2.45) is 17.3 Å². The first-order valence-electron chi connectivity index (χ1n) is 18.5. The van der Waals surface area contributed by atoms with Crippen LogP contribution in [0.2, 0.25) is 0 Å². The quantitative estimate of drug-likeness (QED) is 0.139. The van der Waals surface area contributed by atoms with Gasteiger partial charge in [0.1, 0.15) is 18.1 Å². The van der Waals surface area contributed by atoms with Crippen molar-refractivity contribution in [3.8, 4) is 0 Å². The average molecular weight is 744 g/mol. The Hall–Kier alpha value is -4.53. The predicted molar refractivity (Wildman–Crippen MR) is 194 cm³/mol. The van der Waals surface area contributed by atoms with Gasteiger partial charge in [0.15, 0.2) is 6.04 Å². The lowest BCUT2D eigenvalue weighted by atomic mass is 9.83. The molecular weight excluding hydrogens is 686 g/mol. The van der Waals surface area contributed by atoms with Crippen LogP contribution in [0, 0.1) is 17.3 Å². The van der Waals surface area contributed by atoms with E-state index >= 15 is 0 Å². The molecule has 1 aliphatic carbocycles. The van der Waals surface area contributed by atoms with E-state index in [1.807, 2.05) is 27.7 Å². The molecule has 1 aromatic rings. The second kappa shape index (κ2) is 20.1. The number of benzene rings is 1. The number of methoxy groups -OCH3 is 1. The van der Waals surface area contributed by atoms with Crippen LogP contribution in [0.15, 0.2) is 30.3 Å². The zero-order valence-corrected chi connectivity index (χ0v) is 31.8. The summed E-state index contributed by atoms with van der Waals surface area (Å²) >= 11 is 0. The zero-order chi connectivity index (χ0) is 39.3. The van der Waals surface area contributed by atoms with Crippen molar-refractivity contribution in [1.29, 1.82) is 0 Å². The second-order valence-electron chi connectivity index (χ2n) is 15.2. The van der Waals surface area contributed by atoms with Gasteiger partial charge in [0.05, 0.1) is 19.3 Å². The molecule has 2 fully saturated rings. The molecule has 1 aromatic carbocycles. The molecule has 1 aliphatic heterocycles. The van der Waals surface area contributed by atoms with Crippen LogP contribution in [0.3, 0.4) is 0 Å². The summed E-state index contributed by atoms with van der Waals surface area (Å²) in [5, 5.41) is 20.0. The number of carbonyl (C=O) groups excluding carboxylic acids is 6. The van der Waals surface area contributed by atoms with Crippen molar-refractivity contribution in [2.75, 3.05) is 26.9 Å². The van der Waals surface area contributed by atoms with Gasteiger partial charge < -0.3 is 40.7 Å². The number of carboxylic acids is 1. The molecule has 53 heavy (non-hydrogen) atoms. The predicted octanol–water partition coefficient (Wildman–Crippen LogP) is 2.87. The van der Waals surface area contributed by atoms with Crippen molar-refractivity contribution >= 4 is 41.5 Å². The largest absolute Gasteiger partial charge is 0.479 e. The van der Waals surface area contributed by atoms with Crippen LogP contribution in [0.5, 0.6) is 0 Å². The Kier molecular flexibility index (Phi) is 16.2. The summed E-state index contributed by atoms with van der Waals surface area (Å²) in [5.41, 5.74) is -0.171. The number of ketones is 1. The number of aliphatic carboxylic acids is 1. The van der Waals surface area contributed by atoms with Gasteiger partial charge in [0.2, 0.25) is 23.5 Å². The molecule has 5 amide bonds. The lowest BCUT2D eigenvalue weighted by Crippen LogP contribution is -2.58. The fraction of sp³-hybridized carbons (Fsp3) is 0.658. The fourth-order valence-electron chi connectivity index (χ4n) is 6.91. The molecule has 5 N–H and O–H groups in total. The van der Waals surface area contributed by atoms with Crippen LogP contribution in [0.1, 0.15) is 97.6 Å². The molecule has 294 valence electrons. The molecular formula is C38H57N5O10. The molecule has 0 radical (unpaired) electrons. The number of Topliss-reactive ketones (excluding diaryl/α,β-unsaturated/α-hetero) is 1. The minimum atomic E-state index is -1.43. The van der Waals surface area contributed by atoms with Crippen LogP contribution in [0.4, 0.5) is 4.79 Å². The van der Waals surface area contributed by atoms with E-state index in [9.17, 15) is 38.7 Å². The van der Waals surface area contributed by atoms with Crippen LogP contribution >= 0.6 is 0 Å². The minimum absolute atomic E-state index is 0.0895. The van der Waals surface area contributed by atoms with Gasteiger partial charge >= 0.3 is 12.1 Å². The topological polar surface area (TPSA) is 210 Å². The lowest BCUT2D eigenvalue weighted by Gasteiger charge is -2.35. The molecule has 15 heteroatoms. The number of carbonyl (C=O) groups is 7. The third kappa shape index (κ3) is 12.5. The third-order valence-corrected chi connectivity index (χ3v) is 9.57. The van der Waals surface area contributed by atoms with Crippen LogP contribution in [-0.4, -0.2) is 103 Å². The molecule has 2 aliphatic rings. The number of carboxylic acid groups (broad SMARTS) is 1. The maximum absolute atomic E-state index is 14.3. The number of nitrogens with one attached hydrogen (secondary N) is 4. The van der Waals surface area contributed by atoms with E-state index in [0.29, 0.717) is 12.0 Å². The first-order chi connectivity index (χ1) is 25.1. The van der Waals surface area contributed by atoms with Gasteiger partial charge in [-0.1, -0.05) is 90.6 Å². The standard InChI is InChI=1S/C38H57N5O10/c1-7-14-26(31(44)34(47)40-27(21-52-6)32(45)41-30(36(49)50)25-17-12-9-13-18-25)39-33(46)28-19-38(4,5)22-43(28)35(48)29(24-15-10-8-11-16-24)42-37(51)53-20-23(2)3/h9,12-13,17-18,23-24,26-30H,7-8,10-11,14-16,19-22H2,1-6H3,(H,39,46)(H,40,47)(H,41,45)(H,42,51)(H,49,50)/t26?,27-,28-,29-,30-/m0/s1. The summed E-state index contributed by atoms with van der Waals surface area (Å²) < 4.78 is 10.4. The number of alkyl carbamates (subject to hydrolysis) is 1. The van der Waals surface area contributed by atoms with Crippen molar-refractivity contribution < 1.29 is 48.1 Å². The Bertz CT molecular complexity index is 1450.